The van der Waals surface area contributed by atoms with Crippen LogP contribution < -0.4 is 5.32 Å². The monoisotopic (exact) mass is 381 g/mol. The third kappa shape index (κ3) is 3.18. The summed E-state index contributed by atoms with van der Waals surface area (Å²) in [5.41, 5.74) is 0.122. The highest BCUT2D eigenvalue weighted by Gasteiger charge is 2.42. The molecule has 7 nitrogen and oxygen atoms in total. The quantitative estimate of drug-likeness (QED) is 0.636. The lowest BCUT2D eigenvalue weighted by Gasteiger charge is -2.18. The van der Waals surface area contributed by atoms with Crippen LogP contribution in [0.5, 0.6) is 0 Å². The van der Waals surface area contributed by atoms with E-state index < -0.39 is 14.9 Å². The zero-order chi connectivity index (χ0) is 16.1. The molecule has 2 fully saturated rings. The van der Waals surface area contributed by atoms with Crippen molar-refractivity contribution in [1.29, 1.82) is 0 Å². The van der Waals surface area contributed by atoms with E-state index in [2.05, 4.69) is 5.32 Å². The van der Waals surface area contributed by atoms with Crippen LogP contribution in [0.1, 0.15) is 5.56 Å². The molecule has 0 saturated carbocycles. The number of nitrogens with zero attached hydrogens (tertiary/aromatic N) is 2. The van der Waals surface area contributed by atoms with Gasteiger partial charge in [0, 0.05) is 19.2 Å². The van der Waals surface area contributed by atoms with Crippen LogP contribution in [0, 0.1) is 28.9 Å². The molecule has 1 aromatic rings. The van der Waals surface area contributed by atoms with E-state index in [4.69, 9.17) is 11.6 Å². The van der Waals surface area contributed by atoms with E-state index in [1.54, 1.807) is 6.92 Å². The molecule has 2 aliphatic heterocycles. The van der Waals surface area contributed by atoms with Gasteiger partial charge >= 0.3 is 0 Å². The van der Waals surface area contributed by atoms with Crippen LogP contribution in [-0.4, -0.2) is 43.8 Å². The lowest BCUT2D eigenvalue weighted by molar-refractivity contribution is -0.385. The van der Waals surface area contributed by atoms with Gasteiger partial charge in [-0.15, -0.1) is 12.4 Å². The summed E-state index contributed by atoms with van der Waals surface area (Å²) in [5, 5.41) is 14.0. The Morgan fingerprint density at radius 1 is 1.30 bits per heavy atom. The third-order valence-electron chi connectivity index (χ3n) is 4.33. The van der Waals surface area contributed by atoms with Crippen LogP contribution in [0.2, 0.25) is 5.02 Å². The number of hydrogen-bond donors (Lipinski definition) is 1. The number of fused-ring (bicyclic) bond motifs is 1. The van der Waals surface area contributed by atoms with Gasteiger partial charge in [-0.2, -0.15) is 4.31 Å². The smallest absolute Gasteiger partial charge is 0.289 e. The molecule has 2 saturated heterocycles. The fourth-order valence-electron chi connectivity index (χ4n) is 3.19. The maximum atomic E-state index is 12.8. The molecular formula is C13H17Cl2N3O4S. The van der Waals surface area contributed by atoms with Crippen molar-refractivity contribution in [3.8, 4) is 0 Å². The Kier molecular flexibility index (Phi) is 5.22. The van der Waals surface area contributed by atoms with Crippen molar-refractivity contribution >= 4 is 39.7 Å². The summed E-state index contributed by atoms with van der Waals surface area (Å²) in [4.78, 5) is 10.2. The van der Waals surface area contributed by atoms with Crippen LogP contribution in [0.4, 0.5) is 5.69 Å². The lowest BCUT2D eigenvalue weighted by atomic mass is 10.0. The number of nitro benzene ring substituents is 1. The highest BCUT2D eigenvalue weighted by molar-refractivity contribution is 7.89. The molecule has 0 aliphatic carbocycles. The van der Waals surface area contributed by atoms with Gasteiger partial charge in [0.05, 0.1) is 4.92 Å². The molecule has 0 amide bonds. The molecule has 0 aromatic heterocycles. The van der Waals surface area contributed by atoms with Gasteiger partial charge < -0.3 is 5.32 Å². The molecule has 3 rings (SSSR count). The van der Waals surface area contributed by atoms with E-state index in [1.165, 1.54) is 16.4 Å². The molecule has 0 bridgehead atoms. The summed E-state index contributed by atoms with van der Waals surface area (Å²) in [5.74, 6) is 0.599. The first-order valence-electron chi connectivity index (χ1n) is 6.96. The van der Waals surface area contributed by atoms with Gasteiger partial charge in [0.1, 0.15) is 9.92 Å². The first-order valence-corrected chi connectivity index (χ1v) is 8.78. The van der Waals surface area contributed by atoms with Crippen molar-refractivity contribution in [3.05, 3.63) is 32.8 Å². The fourth-order valence-corrected chi connectivity index (χ4v) is 5.38. The Bertz CT molecular complexity index is 729. The minimum Gasteiger partial charge on any atom is -0.316 e. The molecule has 1 N–H and O–H groups in total. The number of aryl methyl sites for hydroxylation is 1. The molecule has 0 unspecified atom stereocenters. The molecule has 23 heavy (non-hydrogen) atoms. The van der Waals surface area contributed by atoms with Crippen molar-refractivity contribution in [2.24, 2.45) is 11.8 Å². The minimum absolute atomic E-state index is 0. The molecule has 10 heteroatoms. The van der Waals surface area contributed by atoms with Crippen molar-refractivity contribution in [2.45, 2.75) is 11.8 Å². The average Bonchev–Trinajstić information content (AvgIpc) is 3.01. The van der Waals surface area contributed by atoms with Crippen molar-refractivity contribution in [3.63, 3.8) is 0 Å². The van der Waals surface area contributed by atoms with Crippen LogP contribution in [0.15, 0.2) is 17.0 Å². The van der Waals surface area contributed by atoms with Gasteiger partial charge in [-0.1, -0.05) is 11.6 Å². The number of rotatable bonds is 3. The van der Waals surface area contributed by atoms with Gasteiger partial charge in [-0.05, 0) is 43.5 Å². The predicted molar refractivity (Wildman–Crippen MR) is 88.7 cm³/mol. The molecule has 2 aliphatic rings. The summed E-state index contributed by atoms with van der Waals surface area (Å²) in [7, 11) is -3.82. The molecule has 1 aromatic carbocycles. The van der Waals surface area contributed by atoms with Gasteiger partial charge in [0.2, 0.25) is 10.0 Å². The van der Waals surface area contributed by atoms with Gasteiger partial charge in [-0.3, -0.25) is 10.1 Å². The molecule has 0 spiro atoms. The summed E-state index contributed by atoms with van der Waals surface area (Å²) in [6.07, 6.45) is 0. The number of sulfonamides is 1. The van der Waals surface area contributed by atoms with Crippen molar-refractivity contribution < 1.29 is 13.3 Å². The molecule has 2 atom stereocenters. The van der Waals surface area contributed by atoms with Gasteiger partial charge in [-0.25, -0.2) is 8.42 Å². The summed E-state index contributed by atoms with van der Waals surface area (Å²) in [6, 6.07) is 2.68. The van der Waals surface area contributed by atoms with E-state index in [-0.39, 0.29) is 28.0 Å². The molecule has 0 radical (unpaired) electrons. The second-order valence-corrected chi connectivity index (χ2v) is 8.14. The van der Waals surface area contributed by atoms with Crippen LogP contribution >= 0.6 is 24.0 Å². The van der Waals surface area contributed by atoms with Gasteiger partial charge in [0.25, 0.3) is 5.69 Å². The second kappa shape index (κ2) is 6.52. The van der Waals surface area contributed by atoms with Crippen molar-refractivity contribution in [2.75, 3.05) is 26.2 Å². The number of benzene rings is 1. The van der Waals surface area contributed by atoms with E-state index in [1.807, 2.05) is 0 Å². The van der Waals surface area contributed by atoms with E-state index in [0.717, 1.165) is 13.1 Å². The number of nitrogens with one attached hydrogen (secondary N) is 1. The van der Waals surface area contributed by atoms with E-state index in [0.29, 0.717) is 30.5 Å². The van der Waals surface area contributed by atoms with Crippen molar-refractivity contribution in [1.82, 2.24) is 9.62 Å². The zero-order valence-corrected chi connectivity index (χ0v) is 14.7. The Hall–Kier alpha value is -0.930. The Morgan fingerprint density at radius 2 is 1.87 bits per heavy atom. The highest BCUT2D eigenvalue weighted by atomic mass is 35.5. The minimum atomic E-state index is -3.82. The molecule has 128 valence electrons. The lowest BCUT2D eigenvalue weighted by Crippen LogP contribution is -2.32. The van der Waals surface area contributed by atoms with Gasteiger partial charge in [0.15, 0.2) is 0 Å². The maximum Gasteiger partial charge on any atom is 0.289 e. The zero-order valence-electron chi connectivity index (χ0n) is 12.4. The molecular weight excluding hydrogens is 365 g/mol. The van der Waals surface area contributed by atoms with Crippen LogP contribution in [-0.2, 0) is 10.0 Å². The summed E-state index contributed by atoms with van der Waals surface area (Å²) in [6.45, 7) is 4.08. The Balaban J connectivity index is 0.00000192. The number of halogens is 2. The highest BCUT2D eigenvalue weighted by Crippen LogP contribution is 2.37. The predicted octanol–water partition coefficient (Wildman–Crippen LogP) is 1.82. The maximum absolute atomic E-state index is 12.8. The fraction of sp³-hybridized carbons (Fsp3) is 0.538. The standard InChI is InChI=1S/C13H16ClN3O4S.ClH/c1-8-2-11(17(18)19)13(14)12(3-8)22(20,21)16-6-9-4-15-5-10(9)7-16;/h2-3,9-10,15H,4-7H2,1H3;1H/t9-,10+;. The number of nitro groups is 1. The van der Waals surface area contributed by atoms with Crippen LogP contribution in [0.3, 0.4) is 0 Å². The Labute approximate surface area is 145 Å². The third-order valence-corrected chi connectivity index (χ3v) is 6.70. The largest absolute Gasteiger partial charge is 0.316 e. The molecule has 2 heterocycles. The first-order chi connectivity index (χ1) is 10.3. The van der Waals surface area contributed by atoms with E-state index in [9.17, 15) is 18.5 Å². The summed E-state index contributed by atoms with van der Waals surface area (Å²) >= 11 is 6.00. The normalized spacial score (nSPS) is 24.3. The first kappa shape index (κ1) is 18.4. The number of hydrogen-bond acceptors (Lipinski definition) is 5. The van der Waals surface area contributed by atoms with E-state index >= 15 is 0 Å². The topological polar surface area (TPSA) is 92.5 Å². The SMILES string of the molecule is Cc1cc([N+](=O)[O-])c(Cl)c(S(=O)(=O)N2C[C@H]3CNC[C@H]3C2)c1.Cl. The van der Waals surface area contributed by atoms with Crippen LogP contribution in [0.25, 0.3) is 0 Å². The Morgan fingerprint density at radius 3 is 2.39 bits per heavy atom. The summed E-state index contributed by atoms with van der Waals surface area (Å²) < 4.78 is 27.0. The second-order valence-electron chi connectivity index (χ2n) is 5.85. The average molecular weight is 382 g/mol.